The minimum Gasteiger partial charge on any atom is -0.507 e. The summed E-state index contributed by atoms with van der Waals surface area (Å²) in [5, 5.41) is 20.0. The van der Waals surface area contributed by atoms with Crippen molar-refractivity contribution in [1.29, 1.82) is 0 Å². The van der Waals surface area contributed by atoms with Crippen molar-refractivity contribution in [3.8, 4) is 34.0 Å². The fourth-order valence-electron chi connectivity index (χ4n) is 4.74. The van der Waals surface area contributed by atoms with Gasteiger partial charge in [0.15, 0.2) is 6.10 Å². The number of phenolic OH excluding ortho intramolecular Hbond substituents is 1. The largest absolute Gasteiger partial charge is 0.507 e. The average Bonchev–Trinajstić information content (AvgIpc) is 3.50. The van der Waals surface area contributed by atoms with Crippen LogP contribution >= 0.6 is 0 Å². The molecule has 6 rings (SSSR count). The zero-order valence-electron chi connectivity index (χ0n) is 18.1. The number of nitrogens with zero attached hydrogens (tertiary/aromatic N) is 1. The highest BCUT2D eigenvalue weighted by Crippen LogP contribution is 2.34. The van der Waals surface area contributed by atoms with Gasteiger partial charge in [0, 0.05) is 5.56 Å². The van der Waals surface area contributed by atoms with Crippen molar-refractivity contribution in [2.75, 3.05) is 13.2 Å². The second-order valence-corrected chi connectivity index (χ2v) is 8.64. The van der Waals surface area contributed by atoms with Crippen LogP contribution in [0.1, 0.15) is 5.56 Å². The molecule has 168 valence electrons. The summed E-state index contributed by atoms with van der Waals surface area (Å²) in [6.07, 6.45) is -1.54. The number of benzene rings is 3. The van der Waals surface area contributed by atoms with Crippen LogP contribution in [0.25, 0.3) is 33.3 Å². The fraction of sp³-hybridized carbons (Fsp3) is 0.269. The maximum absolute atomic E-state index is 10.1. The van der Waals surface area contributed by atoms with Gasteiger partial charge in [-0.05, 0) is 47.4 Å². The van der Waals surface area contributed by atoms with Crippen LogP contribution in [0, 0.1) is 6.92 Å². The first-order valence-electron chi connectivity index (χ1n) is 11.0. The Hall–Kier alpha value is -3.39. The molecule has 0 saturated carbocycles. The van der Waals surface area contributed by atoms with Crippen molar-refractivity contribution >= 4 is 11.0 Å². The van der Waals surface area contributed by atoms with E-state index in [-0.39, 0.29) is 30.7 Å². The van der Waals surface area contributed by atoms with E-state index < -0.39 is 6.10 Å². The number of fused-ring (bicyclic) bond motifs is 2. The average molecular weight is 444 g/mol. The Kier molecular flexibility index (Phi) is 4.83. The quantitative estimate of drug-likeness (QED) is 0.443. The highest BCUT2D eigenvalue weighted by molar-refractivity contribution is 5.85. The molecule has 7 heteroatoms. The van der Waals surface area contributed by atoms with Crippen LogP contribution in [0.4, 0.5) is 0 Å². The van der Waals surface area contributed by atoms with Crippen molar-refractivity contribution in [2.45, 2.75) is 31.3 Å². The Morgan fingerprint density at radius 2 is 1.67 bits per heavy atom. The number of aromatic amines is 1. The van der Waals surface area contributed by atoms with Gasteiger partial charge in [-0.25, -0.2) is 0 Å². The van der Waals surface area contributed by atoms with Gasteiger partial charge in [0.2, 0.25) is 0 Å². The molecule has 2 aliphatic heterocycles. The number of nitrogens with one attached hydrogen (secondary N) is 1. The van der Waals surface area contributed by atoms with Crippen molar-refractivity contribution in [3.05, 3.63) is 66.2 Å². The van der Waals surface area contributed by atoms with Crippen LogP contribution in [-0.2, 0) is 9.47 Å². The van der Waals surface area contributed by atoms with Gasteiger partial charge in [-0.15, -0.1) is 0 Å². The van der Waals surface area contributed by atoms with Crippen molar-refractivity contribution in [3.63, 3.8) is 0 Å². The molecule has 7 nitrogen and oxygen atoms in total. The van der Waals surface area contributed by atoms with Gasteiger partial charge < -0.3 is 29.4 Å². The number of ether oxygens (including phenoxy) is 3. The first-order chi connectivity index (χ1) is 16.1. The molecule has 3 N–H and O–H groups in total. The molecule has 2 saturated heterocycles. The van der Waals surface area contributed by atoms with Crippen LogP contribution < -0.4 is 4.74 Å². The molecule has 4 atom stereocenters. The van der Waals surface area contributed by atoms with Crippen LogP contribution in [0.5, 0.6) is 11.8 Å². The minimum atomic E-state index is -0.610. The molecule has 0 bridgehead atoms. The summed E-state index contributed by atoms with van der Waals surface area (Å²) in [7, 11) is 0. The van der Waals surface area contributed by atoms with Crippen LogP contribution in [0.3, 0.4) is 0 Å². The summed E-state index contributed by atoms with van der Waals surface area (Å²) in [5.41, 5.74) is 6.72. The van der Waals surface area contributed by atoms with Crippen LogP contribution in [0.2, 0.25) is 0 Å². The Labute approximate surface area is 190 Å². The third-order valence-corrected chi connectivity index (χ3v) is 6.46. The highest BCUT2D eigenvalue weighted by Gasteiger charge is 2.48. The number of rotatable bonds is 4. The standard InChI is InChI=1S/C26H24N2O5/c1-14-10-19-20(28-26(27-19)33-23-13-32-24-22(30)12-31-25(23)24)11-18(14)16-8-6-15(7-9-16)17-4-2-3-5-21(17)29/h2-11,22-25,29-30H,12-13H2,1H3,(H,27,28)/t22-,23-,24-,25-/m1/s1. The molecular weight excluding hydrogens is 420 g/mol. The van der Waals surface area contributed by atoms with Gasteiger partial charge in [-0.2, -0.15) is 4.98 Å². The zero-order chi connectivity index (χ0) is 22.5. The number of aryl methyl sites for hydroxylation is 1. The van der Waals surface area contributed by atoms with E-state index in [1.165, 1.54) is 0 Å². The molecule has 0 aliphatic carbocycles. The van der Waals surface area contributed by atoms with Gasteiger partial charge in [-0.1, -0.05) is 42.5 Å². The lowest BCUT2D eigenvalue weighted by molar-refractivity contribution is 0.00706. The van der Waals surface area contributed by atoms with Crippen molar-refractivity contribution in [2.24, 2.45) is 0 Å². The van der Waals surface area contributed by atoms with Crippen molar-refractivity contribution in [1.82, 2.24) is 9.97 Å². The number of hydrogen-bond donors (Lipinski definition) is 3. The molecule has 4 aromatic rings. The number of imidazole rings is 1. The van der Waals surface area contributed by atoms with E-state index in [0.29, 0.717) is 12.6 Å². The number of hydrogen-bond acceptors (Lipinski definition) is 6. The zero-order valence-corrected chi connectivity index (χ0v) is 18.1. The molecule has 0 unspecified atom stereocenters. The molecule has 33 heavy (non-hydrogen) atoms. The molecule has 2 aliphatic rings. The van der Waals surface area contributed by atoms with E-state index in [1.807, 2.05) is 36.4 Å². The number of aliphatic hydroxyl groups is 1. The number of aromatic hydroxyl groups is 1. The molecule has 0 spiro atoms. The van der Waals surface area contributed by atoms with Crippen LogP contribution in [0.15, 0.2) is 60.7 Å². The molecule has 3 aromatic carbocycles. The SMILES string of the molecule is Cc1cc2[nH]c(O[C@@H]3CO[C@H]4[C@@H]3OC[C@H]4O)nc2cc1-c1ccc(-c2ccccc2O)cc1. The lowest BCUT2D eigenvalue weighted by atomic mass is 9.97. The van der Waals surface area contributed by atoms with Crippen molar-refractivity contribution < 1.29 is 24.4 Å². The Bertz CT molecular complexity index is 1320. The second kappa shape index (κ2) is 7.88. The predicted octanol–water partition coefficient (Wildman–Crippen LogP) is 3.82. The van der Waals surface area contributed by atoms with E-state index in [4.69, 9.17) is 14.2 Å². The number of aromatic nitrogens is 2. The van der Waals surface area contributed by atoms with Gasteiger partial charge in [0.05, 0.1) is 24.2 Å². The Morgan fingerprint density at radius 3 is 2.45 bits per heavy atom. The summed E-state index contributed by atoms with van der Waals surface area (Å²) in [6, 6.07) is 20.0. The molecular formula is C26H24N2O5. The predicted molar refractivity (Wildman–Crippen MR) is 123 cm³/mol. The molecule has 0 radical (unpaired) electrons. The first-order valence-corrected chi connectivity index (χ1v) is 11.0. The van der Waals surface area contributed by atoms with E-state index >= 15 is 0 Å². The summed E-state index contributed by atoms with van der Waals surface area (Å²) in [4.78, 5) is 7.86. The van der Waals surface area contributed by atoms with E-state index in [1.54, 1.807) is 6.07 Å². The van der Waals surface area contributed by atoms with Gasteiger partial charge in [-0.3, -0.25) is 0 Å². The summed E-state index contributed by atoms with van der Waals surface area (Å²) in [5.74, 6) is 0.267. The molecule has 0 amide bonds. The van der Waals surface area contributed by atoms with Gasteiger partial charge in [0.1, 0.15) is 24.1 Å². The topological polar surface area (TPSA) is 96.8 Å². The summed E-state index contributed by atoms with van der Waals surface area (Å²) >= 11 is 0. The maximum Gasteiger partial charge on any atom is 0.295 e. The molecule has 3 heterocycles. The second-order valence-electron chi connectivity index (χ2n) is 8.64. The lowest BCUT2D eigenvalue weighted by Gasteiger charge is -2.15. The molecule has 2 fully saturated rings. The third kappa shape index (κ3) is 3.54. The summed E-state index contributed by atoms with van der Waals surface area (Å²) in [6.45, 7) is 2.69. The Balaban J connectivity index is 1.27. The van der Waals surface area contributed by atoms with E-state index in [2.05, 4.69) is 35.1 Å². The van der Waals surface area contributed by atoms with Gasteiger partial charge >= 0.3 is 0 Å². The fourth-order valence-corrected chi connectivity index (χ4v) is 4.74. The number of para-hydroxylation sites is 1. The number of aliphatic hydroxyl groups excluding tert-OH is 1. The molecule has 1 aromatic heterocycles. The third-order valence-electron chi connectivity index (χ3n) is 6.46. The highest BCUT2D eigenvalue weighted by atomic mass is 16.6. The summed E-state index contributed by atoms with van der Waals surface area (Å²) < 4.78 is 17.3. The maximum atomic E-state index is 10.1. The van der Waals surface area contributed by atoms with Gasteiger partial charge in [0.25, 0.3) is 6.01 Å². The smallest absolute Gasteiger partial charge is 0.295 e. The normalized spacial score (nSPS) is 24.3. The Morgan fingerprint density at radius 1 is 0.939 bits per heavy atom. The lowest BCUT2D eigenvalue weighted by Crippen LogP contribution is -2.34. The number of H-pyrrole nitrogens is 1. The monoisotopic (exact) mass is 444 g/mol. The first kappa shape index (κ1) is 20.2. The van der Waals surface area contributed by atoms with Crippen LogP contribution in [-0.4, -0.2) is 57.8 Å². The number of phenols is 1. The minimum absolute atomic E-state index is 0.264. The van der Waals surface area contributed by atoms with E-state index in [9.17, 15) is 10.2 Å². The van der Waals surface area contributed by atoms with E-state index in [0.717, 1.165) is 38.9 Å².